The first-order chi connectivity index (χ1) is 10.9. The van der Waals surface area contributed by atoms with Crippen molar-refractivity contribution in [1.82, 2.24) is 14.2 Å². The highest BCUT2D eigenvalue weighted by Gasteiger charge is 2.28. The number of hydrogen-bond donors (Lipinski definition) is 1. The number of aromatic nitrogens is 1. The van der Waals surface area contributed by atoms with E-state index >= 15 is 0 Å². The minimum absolute atomic E-state index is 0.0610. The molecule has 8 nitrogen and oxygen atoms in total. The maximum Gasteiger partial charge on any atom is 0.417 e. The largest absolute Gasteiger partial charge is 0.417 e. The Morgan fingerprint density at radius 2 is 1.96 bits per heavy atom. The van der Waals surface area contributed by atoms with E-state index in [9.17, 15) is 18.0 Å². The van der Waals surface area contributed by atoms with Gasteiger partial charge in [-0.3, -0.25) is 9.78 Å². The number of sulfonamides is 1. The van der Waals surface area contributed by atoms with Crippen molar-refractivity contribution in [2.24, 2.45) is 0 Å². The molecule has 0 bridgehead atoms. The number of carbonyl (C=O) groups excluding carboxylic acids is 1. The van der Waals surface area contributed by atoms with Crippen LogP contribution in [0.5, 0.6) is 0 Å². The maximum atomic E-state index is 12.5. The normalized spacial score (nSPS) is 16.8. The molecule has 1 aliphatic heterocycles. The van der Waals surface area contributed by atoms with Crippen LogP contribution in [0.15, 0.2) is 27.4 Å². The van der Waals surface area contributed by atoms with Gasteiger partial charge < -0.3 is 9.32 Å². The van der Waals surface area contributed by atoms with E-state index in [1.165, 1.54) is 4.31 Å². The molecule has 1 aromatic heterocycles. The highest BCUT2D eigenvalue weighted by molar-refractivity contribution is 7.89. The van der Waals surface area contributed by atoms with Gasteiger partial charge in [-0.1, -0.05) is 0 Å². The van der Waals surface area contributed by atoms with E-state index in [0.29, 0.717) is 42.8 Å². The second-order valence-corrected chi connectivity index (χ2v) is 7.57. The molecule has 1 saturated heterocycles. The summed E-state index contributed by atoms with van der Waals surface area (Å²) >= 11 is 0. The van der Waals surface area contributed by atoms with Crippen LogP contribution in [0.2, 0.25) is 0 Å². The number of fused-ring (bicyclic) bond motifs is 1. The van der Waals surface area contributed by atoms with Gasteiger partial charge in [-0.2, -0.15) is 4.31 Å². The average molecular weight is 339 g/mol. The lowest BCUT2D eigenvalue weighted by Crippen LogP contribution is -2.50. The molecular formula is C14H17N3O5S. The van der Waals surface area contributed by atoms with Crippen LogP contribution >= 0.6 is 0 Å². The molecule has 1 aromatic carbocycles. The number of aromatic amines is 1. The standard InChI is InChI=1S/C14H17N3O5S/c1-2-23(20,21)17-7-5-16(6-8-17)13(18)10-3-4-12-11(9-10)15-14(19)22-12/h3-4,9H,2,5-8H2,1H3,(H,15,19). The van der Waals surface area contributed by atoms with Gasteiger partial charge in [-0.25, -0.2) is 13.2 Å². The van der Waals surface area contributed by atoms with E-state index in [2.05, 4.69) is 4.98 Å². The molecule has 1 fully saturated rings. The van der Waals surface area contributed by atoms with Crippen molar-refractivity contribution in [3.05, 3.63) is 34.3 Å². The number of carbonyl (C=O) groups is 1. The monoisotopic (exact) mass is 339 g/mol. The summed E-state index contributed by atoms with van der Waals surface area (Å²) in [5.74, 6) is -0.698. The molecule has 1 aliphatic rings. The zero-order valence-electron chi connectivity index (χ0n) is 12.6. The van der Waals surface area contributed by atoms with Crippen LogP contribution in [-0.2, 0) is 10.0 Å². The SMILES string of the molecule is CCS(=O)(=O)N1CCN(C(=O)c2ccc3oc(=O)[nH]c3c2)CC1. The molecule has 9 heteroatoms. The van der Waals surface area contributed by atoms with Gasteiger partial charge in [0.25, 0.3) is 5.91 Å². The van der Waals surface area contributed by atoms with Crippen LogP contribution in [0.4, 0.5) is 0 Å². The van der Waals surface area contributed by atoms with Gasteiger partial charge in [0.15, 0.2) is 5.58 Å². The van der Waals surface area contributed by atoms with E-state index in [1.54, 1.807) is 30.0 Å². The highest BCUT2D eigenvalue weighted by Crippen LogP contribution is 2.16. The molecule has 0 saturated carbocycles. The molecule has 0 radical (unpaired) electrons. The number of amides is 1. The Labute approximate surface area is 132 Å². The van der Waals surface area contributed by atoms with Gasteiger partial charge in [-0.05, 0) is 25.1 Å². The Balaban J connectivity index is 1.74. The Kier molecular flexibility index (Phi) is 3.99. The summed E-state index contributed by atoms with van der Waals surface area (Å²) < 4.78 is 30.0. The van der Waals surface area contributed by atoms with Crippen molar-refractivity contribution in [1.29, 1.82) is 0 Å². The second kappa shape index (κ2) is 5.82. The van der Waals surface area contributed by atoms with E-state index < -0.39 is 15.8 Å². The van der Waals surface area contributed by atoms with Crippen LogP contribution in [0.1, 0.15) is 17.3 Å². The zero-order valence-corrected chi connectivity index (χ0v) is 13.4. The fourth-order valence-corrected chi connectivity index (χ4v) is 3.70. The molecular weight excluding hydrogens is 322 g/mol. The van der Waals surface area contributed by atoms with Gasteiger partial charge in [-0.15, -0.1) is 0 Å². The summed E-state index contributed by atoms with van der Waals surface area (Å²) in [5.41, 5.74) is 1.29. The van der Waals surface area contributed by atoms with Crippen molar-refractivity contribution < 1.29 is 17.6 Å². The third-order valence-electron chi connectivity index (χ3n) is 3.95. The molecule has 2 aromatic rings. The zero-order chi connectivity index (χ0) is 16.6. The molecule has 0 aliphatic carbocycles. The van der Waals surface area contributed by atoms with Crippen molar-refractivity contribution in [3.8, 4) is 0 Å². The number of rotatable bonds is 3. The molecule has 23 heavy (non-hydrogen) atoms. The molecule has 1 amide bonds. The predicted octanol–water partition coefficient (Wildman–Crippen LogP) is 0.229. The summed E-state index contributed by atoms with van der Waals surface area (Å²) in [6, 6.07) is 4.73. The number of benzene rings is 1. The summed E-state index contributed by atoms with van der Waals surface area (Å²) in [7, 11) is -3.22. The molecule has 0 spiro atoms. The fourth-order valence-electron chi connectivity index (χ4n) is 2.62. The maximum absolute atomic E-state index is 12.5. The third kappa shape index (κ3) is 3.02. The van der Waals surface area contributed by atoms with Crippen molar-refractivity contribution in [2.45, 2.75) is 6.92 Å². The summed E-state index contributed by atoms with van der Waals surface area (Å²) in [5, 5.41) is 0. The van der Waals surface area contributed by atoms with Crippen LogP contribution in [0.25, 0.3) is 11.1 Å². The van der Waals surface area contributed by atoms with Gasteiger partial charge >= 0.3 is 5.76 Å². The number of H-pyrrole nitrogens is 1. The molecule has 2 heterocycles. The summed E-state index contributed by atoms with van der Waals surface area (Å²) in [4.78, 5) is 27.8. The Hall–Kier alpha value is -2.13. The van der Waals surface area contributed by atoms with Crippen LogP contribution in [-0.4, -0.2) is 60.4 Å². The van der Waals surface area contributed by atoms with Crippen molar-refractivity contribution >= 4 is 27.0 Å². The number of nitrogens with one attached hydrogen (secondary N) is 1. The fraction of sp³-hybridized carbons (Fsp3) is 0.429. The smallest absolute Gasteiger partial charge is 0.408 e. The Bertz CT molecular complexity index is 891. The summed E-state index contributed by atoms with van der Waals surface area (Å²) in [6.07, 6.45) is 0. The number of hydrogen-bond acceptors (Lipinski definition) is 5. The lowest BCUT2D eigenvalue weighted by molar-refractivity contribution is 0.0698. The molecule has 0 unspecified atom stereocenters. The predicted molar refractivity (Wildman–Crippen MR) is 83.8 cm³/mol. The lowest BCUT2D eigenvalue weighted by Gasteiger charge is -2.33. The van der Waals surface area contributed by atoms with Gasteiger partial charge in [0, 0.05) is 31.7 Å². The number of nitrogens with zero attached hydrogens (tertiary/aromatic N) is 2. The third-order valence-corrected chi connectivity index (χ3v) is 5.83. The van der Waals surface area contributed by atoms with E-state index in [1.807, 2.05) is 0 Å². The molecule has 0 atom stereocenters. The average Bonchev–Trinajstić information content (AvgIpc) is 2.93. The van der Waals surface area contributed by atoms with E-state index in [4.69, 9.17) is 4.42 Å². The van der Waals surface area contributed by atoms with Crippen molar-refractivity contribution in [2.75, 3.05) is 31.9 Å². The van der Waals surface area contributed by atoms with Gasteiger partial charge in [0.1, 0.15) is 0 Å². The quantitative estimate of drug-likeness (QED) is 0.862. The minimum atomic E-state index is -3.22. The lowest BCUT2D eigenvalue weighted by atomic mass is 10.1. The minimum Gasteiger partial charge on any atom is -0.408 e. The number of piperazine rings is 1. The topological polar surface area (TPSA) is 104 Å². The molecule has 1 N–H and O–H groups in total. The van der Waals surface area contributed by atoms with Crippen LogP contribution in [0, 0.1) is 0 Å². The summed E-state index contributed by atoms with van der Waals surface area (Å²) in [6.45, 7) is 2.89. The first kappa shape index (κ1) is 15.8. The van der Waals surface area contributed by atoms with Crippen LogP contribution in [0.3, 0.4) is 0 Å². The van der Waals surface area contributed by atoms with E-state index in [0.717, 1.165) is 0 Å². The van der Waals surface area contributed by atoms with Crippen molar-refractivity contribution in [3.63, 3.8) is 0 Å². The Morgan fingerprint density at radius 1 is 1.26 bits per heavy atom. The molecule has 124 valence electrons. The highest BCUT2D eigenvalue weighted by atomic mass is 32.2. The van der Waals surface area contributed by atoms with Gasteiger partial charge in [0.2, 0.25) is 10.0 Å². The van der Waals surface area contributed by atoms with Gasteiger partial charge in [0.05, 0.1) is 11.3 Å². The van der Waals surface area contributed by atoms with Crippen LogP contribution < -0.4 is 5.76 Å². The first-order valence-electron chi connectivity index (χ1n) is 7.30. The Morgan fingerprint density at radius 3 is 2.61 bits per heavy atom. The molecule has 3 rings (SSSR count). The number of oxazole rings is 1. The van der Waals surface area contributed by atoms with E-state index in [-0.39, 0.29) is 11.7 Å². The second-order valence-electron chi connectivity index (χ2n) is 5.32. The first-order valence-corrected chi connectivity index (χ1v) is 8.91.